The van der Waals surface area contributed by atoms with Crippen LogP contribution >= 0.6 is 23.1 Å². The third-order valence-corrected chi connectivity index (χ3v) is 4.23. The van der Waals surface area contributed by atoms with E-state index in [2.05, 4.69) is 10.3 Å². The minimum Gasteiger partial charge on any atom is -0.353 e. The number of thiazole rings is 1. The van der Waals surface area contributed by atoms with Crippen LogP contribution in [0.1, 0.15) is 13.8 Å². The van der Waals surface area contributed by atoms with Crippen molar-refractivity contribution in [2.75, 3.05) is 5.75 Å². The number of aromatic nitrogens is 1. The van der Waals surface area contributed by atoms with E-state index in [9.17, 15) is 4.79 Å². The van der Waals surface area contributed by atoms with Crippen LogP contribution in [0.4, 0.5) is 0 Å². The minimum atomic E-state index is 0.0595. The van der Waals surface area contributed by atoms with E-state index >= 15 is 0 Å². The van der Waals surface area contributed by atoms with Gasteiger partial charge in [-0.1, -0.05) is 23.9 Å². The lowest BCUT2D eigenvalue weighted by atomic mass is 10.3. The fraction of sp³-hybridized carbons (Fsp3) is 0.333. The number of hydrogen-bond acceptors (Lipinski definition) is 4. The van der Waals surface area contributed by atoms with Crippen molar-refractivity contribution in [1.29, 1.82) is 0 Å². The summed E-state index contributed by atoms with van der Waals surface area (Å²) in [4.78, 5) is 16.0. The summed E-state index contributed by atoms with van der Waals surface area (Å²) in [7, 11) is 0. The van der Waals surface area contributed by atoms with Gasteiger partial charge in [-0.3, -0.25) is 4.79 Å². The molecular weight excluding hydrogens is 252 g/mol. The van der Waals surface area contributed by atoms with Crippen LogP contribution in [0.25, 0.3) is 10.2 Å². The number of carbonyl (C=O) groups is 1. The highest BCUT2D eigenvalue weighted by Gasteiger charge is 2.07. The summed E-state index contributed by atoms with van der Waals surface area (Å²) in [5.41, 5.74) is 1.00. The van der Waals surface area contributed by atoms with Gasteiger partial charge in [-0.05, 0) is 26.0 Å². The Morgan fingerprint density at radius 1 is 1.47 bits per heavy atom. The average Bonchev–Trinajstić information content (AvgIpc) is 2.68. The Kier molecular flexibility index (Phi) is 4.02. The number of rotatable bonds is 4. The molecule has 0 saturated heterocycles. The molecule has 3 nitrogen and oxygen atoms in total. The fourth-order valence-electron chi connectivity index (χ4n) is 1.40. The molecule has 0 unspecified atom stereocenters. The Labute approximate surface area is 109 Å². The Hall–Kier alpha value is -1.07. The van der Waals surface area contributed by atoms with E-state index < -0.39 is 0 Å². The summed E-state index contributed by atoms with van der Waals surface area (Å²) >= 11 is 3.12. The predicted molar refractivity (Wildman–Crippen MR) is 73.6 cm³/mol. The fourth-order valence-corrected chi connectivity index (χ4v) is 3.28. The summed E-state index contributed by atoms with van der Waals surface area (Å²) in [6.07, 6.45) is 0. The van der Waals surface area contributed by atoms with Crippen molar-refractivity contribution in [2.24, 2.45) is 0 Å². The zero-order valence-electron chi connectivity index (χ0n) is 9.77. The normalized spacial score (nSPS) is 11.0. The summed E-state index contributed by atoms with van der Waals surface area (Å²) in [5, 5.41) is 2.86. The number of amides is 1. The Morgan fingerprint density at radius 2 is 2.24 bits per heavy atom. The zero-order valence-corrected chi connectivity index (χ0v) is 11.4. The molecule has 0 spiro atoms. The van der Waals surface area contributed by atoms with Gasteiger partial charge < -0.3 is 5.32 Å². The van der Waals surface area contributed by atoms with Gasteiger partial charge in [0.1, 0.15) is 0 Å². The number of fused-ring (bicyclic) bond motifs is 1. The highest BCUT2D eigenvalue weighted by atomic mass is 32.2. The van der Waals surface area contributed by atoms with Gasteiger partial charge >= 0.3 is 0 Å². The molecule has 0 aliphatic carbocycles. The lowest BCUT2D eigenvalue weighted by Gasteiger charge is -2.06. The molecule has 1 aromatic carbocycles. The first-order valence-corrected chi connectivity index (χ1v) is 7.23. The van der Waals surface area contributed by atoms with Crippen molar-refractivity contribution >= 4 is 39.2 Å². The number of thioether (sulfide) groups is 1. The van der Waals surface area contributed by atoms with Crippen LogP contribution in [0.15, 0.2) is 28.6 Å². The molecule has 1 amide bonds. The van der Waals surface area contributed by atoms with Crippen molar-refractivity contribution in [3.05, 3.63) is 24.3 Å². The summed E-state index contributed by atoms with van der Waals surface area (Å²) in [6.45, 7) is 3.92. The van der Waals surface area contributed by atoms with E-state index in [1.54, 1.807) is 11.3 Å². The summed E-state index contributed by atoms with van der Waals surface area (Å²) in [5.74, 6) is 0.488. The van der Waals surface area contributed by atoms with Gasteiger partial charge in [0.05, 0.1) is 16.0 Å². The van der Waals surface area contributed by atoms with Crippen LogP contribution in [0.2, 0.25) is 0 Å². The Morgan fingerprint density at radius 3 is 2.94 bits per heavy atom. The number of carbonyl (C=O) groups excluding carboxylic acids is 1. The average molecular weight is 266 g/mol. The van der Waals surface area contributed by atoms with Crippen LogP contribution in [-0.4, -0.2) is 22.7 Å². The van der Waals surface area contributed by atoms with E-state index in [0.717, 1.165) is 9.86 Å². The van der Waals surface area contributed by atoms with Gasteiger partial charge in [0.15, 0.2) is 4.34 Å². The maximum atomic E-state index is 11.5. The molecule has 0 aliphatic heterocycles. The molecule has 1 aromatic heterocycles. The monoisotopic (exact) mass is 266 g/mol. The second-order valence-corrected chi connectivity index (χ2v) is 6.21. The topological polar surface area (TPSA) is 42.0 Å². The van der Waals surface area contributed by atoms with E-state index in [4.69, 9.17) is 0 Å². The molecule has 5 heteroatoms. The lowest BCUT2D eigenvalue weighted by molar-refractivity contribution is -0.119. The van der Waals surface area contributed by atoms with Gasteiger partial charge in [-0.2, -0.15) is 0 Å². The van der Waals surface area contributed by atoms with Crippen molar-refractivity contribution in [2.45, 2.75) is 24.2 Å². The zero-order chi connectivity index (χ0) is 12.3. The highest BCUT2D eigenvalue weighted by molar-refractivity contribution is 8.01. The van der Waals surface area contributed by atoms with Crippen molar-refractivity contribution in [3.63, 3.8) is 0 Å². The van der Waals surface area contributed by atoms with Crippen LogP contribution in [-0.2, 0) is 4.79 Å². The molecule has 17 heavy (non-hydrogen) atoms. The van der Waals surface area contributed by atoms with Crippen LogP contribution in [0.5, 0.6) is 0 Å². The summed E-state index contributed by atoms with van der Waals surface area (Å²) < 4.78 is 2.12. The number of nitrogens with zero attached hydrogens (tertiary/aromatic N) is 1. The number of benzene rings is 1. The Bertz CT molecular complexity index is 489. The molecule has 0 saturated carbocycles. The highest BCUT2D eigenvalue weighted by Crippen LogP contribution is 2.28. The molecule has 0 aliphatic rings. The van der Waals surface area contributed by atoms with Crippen molar-refractivity contribution in [3.8, 4) is 0 Å². The van der Waals surface area contributed by atoms with Crippen LogP contribution in [0.3, 0.4) is 0 Å². The molecule has 0 atom stereocenters. The molecule has 2 aromatic rings. The largest absolute Gasteiger partial charge is 0.353 e. The summed E-state index contributed by atoms with van der Waals surface area (Å²) in [6, 6.07) is 8.20. The van der Waals surface area contributed by atoms with Crippen molar-refractivity contribution in [1.82, 2.24) is 10.3 Å². The maximum Gasteiger partial charge on any atom is 0.230 e. The first-order valence-electron chi connectivity index (χ1n) is 5.43. The number of nitrogens with one attached hydrogen (secondary N) is 1. The first-order chi connectivity index (χ1) is 8.15. The SMILES string of the molecule is CC(C)NC(=O)CSc1nc2ccccc2s1. The van der Waals surface area contributed by atoms with Crippen LogP contribution < -0.4 is 5.32 Å². The molecule has 0 fully saturated rings. The van der Waals surface area contributed by atoms with Gasteiger partial charge in [0.2, 0.25) is 5.91 Å². The standard InChI is InChI=1S/C12H14N2OS2/c1-8(2)13-11(15)7-16-12-14-9-5-3-4-6-10(9)17-12/h3-6,8H,7H2,1-2H3,(H,13,15). The quantitative estimate of drug-likeness (QED) is 0.865. The molecular formula is C12H14N2OS2. The van der Waals surface area contributed by atoms with E-state index in [0.29, 0.717) is 5.75 Å². The van der Waals surface area contributed by atoms with Gasteiger partial charge in [-0.15, -0.1) is 11.3 Å². The molecule has 0 bridgehead atoms. The third-order valence-electron chi connectivity index (χ3n) is 2.05. The van der Waals surface area contributed by atoms with Crippen LogP contribution in [0, 0.1) is 0 Å². The minimum absolute atomic E-state index is 0.0595. The molecule has 1 heterocycles. The first kappa shape index (κ1) is 12.4. The molecule has 1 N–H and O–H groups in total. The van der Waals surface area contributed by atoms with Gasteiger partial charge in [-0.25, -0.2) is 4.98 Å². The van der Waals surface area contributed by atoms with Gasteiger partial charge in [0, 0.05) is 6.04 Å². The smallest absolute Gasteiger partial charge is 0.230 e. The number of para-hydroxylation sites is 1. The predicted octanol–water partition coefficient (Wildman–Crippen LogP) is 2.91. The molecule has 2 rings (SSSR count). The Balaban J connectivity index is 1.97. The molecule has 90 valence electrons. The van der Waals surface area contributed by atoms with E-state index in [-0.39, 0.29) is 11.9 Å². The van der Waals surface area contributed by atoms with Gasteiger partial charge in [0.25, 0.3) is 0 Å². The molecule has 0 radical (unpaired) electrons. The van der Waals surface area contributed by atoms with E-state index in [1.165, 1.54) is 16.5 Å². The number of hydrogen-bond donors (Lipinski definition) is 1. The maximum absolute atomic E-state index is 11.5. The lowest BCUT2D eigenvalue weighted by Crippen LogP contribution is -2.31. The van der Waals surface area contributed by atoms with Crippen molar-refractivity contribution < 1.29 is 4.79 Å². The second kappa shape index (κ2) is 5.51. The third kappa shape index (κ3) is 3.44. The second-order valence-electron chi connectivity index (χ2n) is 3.96. The van der Waals surface area contributed by atoms with E-state index in [1.807, 2.05) is 38.1 Å².